The van der Waals surface area contributed by atoms with Crippen LogP contribution in [0.25, 0.3) is 5.76 Å². The largest absolute Gasteiger partial charge is 0.548 e. The second-order valence-electron chi connectivity index (χ2n) is 6.22. The van der Waals surface area contributed by atoms with Gasteiger partial charge >= 0.3 is 0 Å². The quantitative estimate of drug-likeness (QED) is 0.492. The van der Waals surface area contributed by atoms with Crippen LogP contribution in [0, 0.1) is 6.92 Å². The van der Waals surface area contributed by atoms with Crippen molar-refractivity contribution in [1.29, 1.82) is 0 Å². The van der Waals surface area contributed by atoms with E-state index in [0.29, 0.717) is 16.1 Å². The molecule has 2 aromatic rings. The number of amides is 1. The summed E-state index contributed by atoms with van der Waals surface area (Å²) in [6.07, 6.45) is 0. The third-order valence-corrected chi connectivity index (χ3v) is 4.60. The number of likely N-dealkylation sites (tertiary alicyclic amines) is 1. The third kappa shape index (κ3) is 3.57. The molecular weight excluding hydrogens is 370 g/mol. The Labute approximate surface area is 160 Å². The molecule has 1 N–H and O–H groups in total. The number of carboxylic acid groups (broad SMARTS) is 1. The number of hydrogen-bond donors (Lipinski definition) is 1. The molecule has 1 aliphatic rings. The van der Waals surface area contributed by atoms with Crippen LogP contribution in [0.2, 0.25) is 5.02 Å². The number of rotatable bonds is 4. The van der Waals surface area contributed by atoms with Gasteiger partial charge in [-0.15, -0.1) is 0 Å². The molecular formula is C20H15ClNO5-. The Morgan fingerprint density at radius 3 is 2.26 bits per heavy atom. The minimum absolute atomic E-state index is 0.174. The predicted molar refractivity (Wildman–Crippen MR) is 96.6 cm³/mol. The molecule has 0 unspecified atom stereocenters. The standard InChI is InChI=1S/C20H16ClNO5/c1-11-2-4-12(5-3-11)17-16(18(25)13-6-8-14(21)9-7-13)19(26)20(27)22(17)10-15(23)24/h2-9,17,25H,10H2,1H3,(H,23,24)/p-1/t17-/m1/s1. The van der Waals surface area contributed by atoms with Gasteiger partial charge in [0.1, 0.15) is 5.76 Å². The van der Waals surface area contributed by atoms with Crippen LogP contribution in [0.4, 0.5) is 0 Å². The molecule has 0 aromatic heterocycles. The highest BCUT2D eigenvalue weighted by Crippen LogP contribution is 2.39. The van der Waals surface area contributed by atoms with Gasteiger partial charge in [0, 0.05) is 10.6 Å². The van der Waals surface area contributed by atoms with Gasteiger partial charge in [0.2, 0.25) is 0 Å². The molecule has 3 rings (SSSR count). The Bertz CT molecular complexity index is 947. The van der Waals surface area contributed by atoms with Crippen LogP contribution in [0.3, 0.4) is 0 Å². The van der Waals surface area contributed by atoms with Crippen molar-refractivity contribution in [2.45, 2.75) is 13.0 Å². The second-order valence-corrected chi connectivity index (χ2v) is 6.65. The van der Waals surface area contributed by atoms with Gasteiger partial charge in [-0.3, -0.25) is 9.59 Å². The highest BCUT2D eigenvalue weighted by Gasteiger charge is 2.46. The fourth-order valence-electron chi connectivity index (χ4n) is 3.04. The Kier molecular flexibility index (Phi) is 5.01. The maximum absolute atomic E-state index is 12.6. The lowest BCUT2D eigenvalue weighted by Gasteiger charge is -2.25. The maximum Gasteiger partial charge on any atom is 0.295 e. The molecule has 0 spiro atoms. The number of aliphatic carboxylic acids is 1. The number of aryl methyl sites for hydroxylation is 1. The average Bonchev–Trinajstić information content (AvgIpc) is 2.87. The summed E-state index contributed by atoms with van der Waals surface area (Å²) in [6, 6.07) is 12.0. The Morgan fingerprint density at radius 2 is 1.70 bits per heavy atom. The number of carbonyl (C=O) groups is 3. The molecule has 1 saturated heterocycles. The number of hydrogen-bond acceptors (Lipinski definition) is 5. The van der Waals surface area contributed by atoms with E-state index in [0.717, 1.165) is 10.5 Å². The Morgan fingerprint density at radius 1 is 1.11 bits per heavy atom. The summed E-state index contributed by atoms with van der Waals surface area (Å²) in [4.78, 5) is 37.0. The molecule has 0 radical (unpaired) electrons. The van der Waals surface area contributed by atoms with Crippen LogP contribution >= 0.6 is 11.6 Å². The van der Waals surface area contributed by atoms with Crippen molar-refractivity contribution >= 4 is 35.0 Å². The number of carbonyl (C=O) groups excluding carboxylic acids is 3. The molecule has 138 valence electrons. The summed E-state index contributed by atoms with van der Waals surface area (Å²) < 4.78 is 0. The third-order valence-electron chi connectivity index (χ3n) is 4.35. The lowest BCUT2D eigenvalue weighted by molar-refractivity contribution is -0.306. The summed E-state index contributed by atoms with van der Waals surface area (Å²) >= 11 is 5.85. The first-order chi connectivity index (χ1) is 12.8. The van der Waals surface area contributed by atoms with E-state index in [1.54, 1.807) is 24.3 Å². The Balaban J connectivity index is 2.19. The van der Waals surface area contributed by atoms with Crippen molar-refractivity contribution in [3.05, 3.63) is 75.8 Å². The van der Waals surface area contributed by atoms with E-state index in [-0.39, 0.29) is 5.57 Å². The highest BCUT2D eigenvalue weighted by atomic mass is 35.5. The molecule has 2 aromatic carbocycles. The highest BCUT2D eigenvalue weighted by molar-refractivity contribution is 6.46. The number of benzene rings is 2. The zero-order chi connectivity index (χ0) is 19.7. The number of carboxylic acids is 1. The van der Waals surface area contributed by atoms with Crippen LogP contribution < -0.4 is 5.11 Å². The van der Waals surface area contributed by atoms with Gasteiger partial charge in [0.15, 0.2) is 0 Å². The first kappa shape index (κ1) is 18.7. The molecule has 0 bridgehead atoms. The van der Waals surface area contributed by atoms with Crippen LogP contribution in [0.15, 0.2) is 54.1 Å². The molecule has 1 aliphatic heterocycles. The normalized spacial score (nSPS) is 18.7. The molecule has 7 heteroatoms. The lowest BCUT2D eigenvalue weighted by Crippen LogP contribution is -2.40. The summed E-state index contributed by atoms with van der Waals surface area (Å²) in [6.45, 7) is 1.11. The number of ketones is 1. The van der Waals surface area contributed by atoms with Gasteiger partial charge in [-0.25, -0.2) is 0 Å². The van der Waals surface area contributed by atoms with Crippen LogP contribution in [0.1, 0.15) is 22.7 Å². The number of aliphatic hydroxyl groups is 1. The molecule has 1 fully saturated rings. The monoisotopic (exact) mass is 384 g/mol. The van der Waals surface area contributed by atoms with Crippen molar-refractivity contribution in [1.82, 2.24) is 4.90 Å². The van der Waals surface area contributed by atoms with E-state index in [1.807, 2.05) is 6.92 Å². The van der Waals surface area contributed by atoms with Gasteiger partial charge in [-0.1, -0.05) is 41.4 Å². The minimum Gasteiger partial charge on any atom is -0.548 e. The molecule has 6 nitrogen and oxygen atoms in total. The van der Waals surface area contributed by atoms with E-state index in [1.165, 1.54) is 24.3 Å². The molecule has 1 heterocycles. The van der Waals surface area contributed by atoms with E-state index in [2.05, 4.69) is 0 Å². The van der Waals surface area contributed by atoms with Gasteiger partial charge in [-0.2, -0.15) is 0 Å². The summed E-state index contributed by atoms with van der Waals surface area (Å²) in [5.74, 6) is -3.84. The zero-order valence-electron chi connectivity index (χ0n) is 14.3. The second kappa shape index (κ2) is 7.25. The average molecular weight is 385 g/mol. The number of Topliss-reactive ketones (excluding diaryl/α,β-unsaturated/α-hetero) is 1. The van der Waals surface area contributed by atoms with Gasteiger partial charge in [0.05, 0.1) is 24.1 Å². The first-order valence-corrected chi connectivity index (χ1v) is 8.48. The molecule has 0 saturated carbocycles. The van der Waals surface area contributed by atoms with Gasteiger partial charge in [-0.05, 0) is 36.8 Å². The van der Waals surface area contributed by atoms with Crippen molar-refractivity contribution in [3.63, 3.8) is 0 Å². The number of aliphatic hydroxyl groups excluding tert-OH is 1. The van der Waals surface area contributed by atoms with Crippen LogP contribution in [-0.4, -0.2) is 34.2 Å². The van der Waals surface area contributed by atoms with Crippen molar-refractivity contribution in [3.8, 4) is 0 Å². The molecule has 1 amide bonds. The van der Waals surface area contributed by atoms with Crippen molar-refractivity contribution in [2.75, 3.05) is 6.54 Å². The number of halogens is 1. The van der Waals surface area contributed by atoms with Crippen LogP contribution in [0.5, 0.6) is 0 Å². The topological polar surface area (TPSA) is 97.7 Å². The fraction of sp³-hybridized carbons (Fsp3) is 0.150. The minimum atomic E-state index is -1.50. The van der Waals surface area contributed by atoms with Gasteiger partial charge in [0.25, 0.3) is 11.7 Å². The summed E-state index contributed by atoms with van der Waals surface area (Å²) in [7, 11) is 0. The van der Waals surface area contributed by atoms with Crippen molar-refractivity contribution in [2.24, 2.45) is 0 Å². The van der Waals surface area contributed by atoms with E-state index in [9.17, 15) is 24.6 Å². The SMILES string of the molecule is Cc1ccc([C@@H]2C(=C(O)c3ccc(Cl)cc3)C(=O)C(=O)N2CC(=O)[O-])cc1. The summed E-state index contributed by atoms with van der Waals surface area (Å²) in [5.41, 5.74) is 1.58. The summed E-state index contributed by atoms with van der Waals surface area (Å²) in [5, 5.41) is 22.3. The van der Waals surface area contributed by atoms with Gasteiger partial charge < -0.3 is 19.9 Å². The lowest BCUT2D eigenvalue weighted by atomic mass is 9.95. The number of nitrogens with zero attached hydrogens (tertiary/aromatic N) is 1. The first-order valence-electron chi connectivity index (χ1n) is 8.10. The smallest absolute Gasteiger partial charge is 0.295 e. The van der Waals surface area contributed by atoms with Crippen LogP contribution in [-0.2, 0) is 14.4 Å². The fourth-order valence-corrected chi connectivity index (χ4v) is 3.17. The molecule has 0 aliphatic carbocycles. The Hall–Kier alpha value is -3.12. The van der Waals surface area contributed by atoms with E-state index in [4.69, 9.17) is 11.6 Å². The predicted octanol–water partition coefficient (Wildman–Crippen LogP) is 1.82. The van der Waals surface area contributed by atoms with E-state index < -0.39 is 36.0 Å². The molecule has 27 heavy (non-hydrogen) atoms. The molecule has 1 atom stereocenters. The van der Waals surface area contributed by atoms with E-state index >= 15 is 0 Å². The zero-order valence-corrected chi connectivity index (χ0v) is 15.1. The maximum atomic E-state index is 12.6. The van der Waals surface area contributed by atoms with Crippen molar-refractivity contribution < 1.29 is 24.6 Å².